The van der Waals surface area contributed by atoms with Gasteiger partial charge >= 0.3 is 0 Å². The molecule has 6 heteroatoms. The highest BCUT2D eigenvalue weighted by Crippen LogP contribution is 2.27. The van der Waals surface area contributed by atoms with Crippen LogP contribution < -0.4 is 14.9 Å². The summed E-state index contributed by atoms with van der Waals surface area (Å²) in [5.41, 5.74) is 7.40. The van der Waals surface area contributed by atoms with Crippen LogP contribution in [0.4, 0.5) is 0 Å². The molecule has 160 valence electrons. The Kier molecular flexibility index (Phi) is 6.12. The predicted octanol–water partition coefficient (Wildman–Crippen LogP) is 4.99. The SMILES string of the molecule is COc1ccc(C=NNC(=O)c2cc(-c3ccccc3)nc3ccc(C)cc23)cc1OC. The summed E-state index contributed by atoms with van der Waals surface area (Å²) in [5.74, 6) is 0.906. The quantitative estimate of drug-likeness (QED) is 0.349. The molecule has 32 heavy (non-hydrogen) atoms. The van der Waals surface area contributed by atoms with Crippen LogP contribution in [0.3, 0.4) is 0 Å². The fourth-order valence-electron chi connectivity index (χ4n) is 3.44. The molecule has 1 aromatic heterocycles. The van der Waals surface area contributed by atoms with E-state index in [2.05, 4.69) is 10.5 Å². The molecule has 4 aromatic rings. The number of benzene rings is 3. The summed E-state index contributed by atoms with van der Waals surface area (Å²) < 4.78 is 10.6. The highest BCUT2D eigenvalue weighted by atomic mass is 16.5. The summed E-state index contributed by atoms with van der Waals surface area (Å²) in [6, 6.07) is 22.9. The van der Waals surface area contributed by atoms with Gasteiger partial charge in [-0.3, -0.25) is 4.79 Å². The number of methoxy groups -OCH3 is 2. The standard InChI is InChI=1S/C26H23N3O3/c1-17-9-11-22-20(13-17)21(15-23(28-22)19-7-5-4-6-8-19)26(30)29-27-16-18-10-12-24(31-2)25(14-18)32-3/h4-16H,1-3H3,(H,29,30). The summed E-state index contributed by atoms with van der Waals surface area (Å²) in [7, 11) is 3.15. The van der Waals surface area contributed by atoms with Crippen molar-refractivity contribution in [1.29, 1.82) is 0 Å². The second-order valence-electron chi connectivity index (χ2n) is 7.26. The van der Waals surface area contributed by atoms with E-state index >= 15 is 0 Å². The van der Waals surface area contributed by atoms with Gasteiger partial charge in [0, 0.05) is 10.9 Å². The second-order valence-corrected chi connectivity index (χ2v) is 7.26. The molecular weight excluding hydrogens is 402 g/mol. The van der Waals surface area contributed by atoms with Crippen LogP contribution >= 0.6 is 0 Å². The molecular formula is C26H23N3O3. The molecule has 0 atom stereocenters. The van der Waals surface area contributed by atoms with Gasteiger partial charge in [-0.25, -0.2) is 10.4 Å². The fraction of sp³-hybridized carbons (Fsp3) is 0.115. The Morgan fingerprint density at radius 2 is 1.72 bits per heavy atom. The lowest BCUT2D eigenvalue weighted by Crippen LogP contribution is -2.18. The Labute approximate surface area is 186 Å². The summed E-state index contributed by atoms with van der Waals surface area (Å²) in [6.45, 7) is 1.99. The number of nitrogens with zero attached hydrogens (tertiary/aromatic N) is 2. The Morgan fingerprint density at radius 1 is 0.938 bits per heavy atom. The van der Waals surface area contributed by atoms with E-state index in [-0.39, 0.29) is 5.91 Å². The number of hydrogen-bond acceptors (Lipinski definition) is 5. The molecule has 0 unspecified atom stereocenters. The first-order chi connectivity index (χ1) is 15.6. The van der Waals surface area contributed by atoms with E-state index in [1.54, 1.807) is 38.6 Å². The number of hydrogen-bond donors (Lipinski definition) is 1. The monoisotopic (exact) mass is 425 g/mol. The number of pyridine rings is 1. The van der Waals surface area contributed by atoms with E-state index in [0.717, 1.165) is 33.3 Å². The topological polar surface area (TPSA) is 72.8 Å². The van der Waals surface area contributed by atoms with Crippen LogP contribution in [0.2, 0.25) is 0 Å². The van der Waals surface area contributed by atoms with Gasteiger partial charge < -0.3 is 9.47 Å². The number of aryl methyl sites for hydroxylation is 1. The number of carbonyl (C=O) groups is 1. The average molecular weight is 425 g/mol. The van der Waals surface area contributed by atoms with Crippen LogP contribution in [0.15, 0.2) is 77.9 Å². The molecule has 0 saturated carbocycles. The van der Waals surface area contributed by atoms with E-state index in [1.807, 2.05) is 61.5 Å². The minimum absolute atomic E-state index is 0.308. The van der Waals surface area contributed by atoms with Gasteiger partial charge in [0.2, 0.25) is 0 Å². The zero-order valence-electron chi connectivity index (χ0n) is 18.1. The number of ether oxygens (including phenoxy) is 2. The van der Waals surface area contributed by atoms with E-state index < -0.39 is 0 Å². The number of amides is 1. The molecule has 0 aliphatic rings. The molecule has 1 heterocycles. The number of hydrazone groups is 1. The molecule has 1 N–H and O–H groups in total. The van der Waals surface area contributed by atoms with Gasteiger partial charge in [0.25, 0.3) is 5.91 Å². The number of nitrogens with one attached hydrogen (secondary N) is 1. The number of carbonyl (C=O) groups excluding carboxylic acids is 1. The van der Waals surface area contributed by atoms with Crippen molar-refractivity contribution in [3.63, 3.8) is 0 Å². The maximum absolute atomic E-state index is 13.1. The third kappa shape index (κ3) is 4.44. The Bertz CT molecular complexity index is 1300. The van der Waals surface area contributed by atoms with Crippen LogP contribution in [0.25, 0.3) is 22.2 Å². The number of rotatable bonds is 6. The van der Waals surface area contributed by atoms with Gasteiger partial charge in [-0.05, 0) is 48.9 Å². The summed E-state index contributed by atoms with van der Waals surface area (Å²) in [6.07, 6.45) is 1.56. The normalized spacial score (nSPS) is 11.0. The lowest BCUT2D eigenvalue weighted by atomic mass is 10.0. The van der Waals surface area contributed by atoms with Crippen molar-refractivity contribution in [3.05, 3.63) is 89.5 Å². The molecule has 0 aliphatic carbocycles. The molecule has 0 spiro atoms. The highest BCUT2D eigenvalue weighted by molar-refractivity contribution is 6.07. The van der Waals surface area contributed by atoms with Gasteiger partial charge in [0.1, 0.15) is 0 Å². The molecule has 0 fully saturated rings. The molecule has 0 bridgehead atoms. The van der Waals surface area contributed by atoms with Crippen LogP contribution in [-0.2, 0) is 0 Å². The van der Waals surface area contributed by atoms with Crippen LogP contribution in [-0.4, -0.2) is 31.3 Å². The van der Waals surface area contributed by atoms with Crippen LogP contribution in [0.5, 0.6) is 11.5 Å². The largest absolute Gasteiger partial charge is 0.493 e. The second kappa shape index (κ2) is 9.31. The van der Waals surface area contributed by atoms with E-state index in [4.69, 9.17) is 14.5 Å². The molecule has 3 aromatic carbocycles. The molecule has 6 nitrogen and oxygen atoms in total. The van der Waals surface area contributed by atoms with Gasteiger partial charge in [0.05, 0.1) is 37.2 Å². The van der Waals surface area contributed by atoms with Gasteiger partial charge in [-0.15, -0.1) is 0 Å². The third-order valence-corrected chi connectivity index (χ3v) is 5.07. The van der Waals surface area contributed by atoms with Crippen molar-refractivity contribution in [2.24, 2.45) is 5.10 Å². The molecule has 0 aliphatic heterocycles. The molecule has 0 saturated heterocycles. The first-order valence-corrected chi connectivity index (χ1v) is 10.1. The summed E-state index contributed by atoms with van der Waals surface area (Å²) >= 11 is 0. The van der Waals surface area contributed by atoms with Crippen molar-refractivity contribution in [3.8, 4) is 22.8 Å². The summed E-state index contributed by atoms with van der Waals surface area (Å²) in [4.78, 5) is 17.8. The smallest absolute Gasteiger partial charge is 0.272 e. The first-order valence-electron chi connectivity index (χ1n) is 10.1. The van der Waals surface area contributed by atoms with Crippen LogP contribution in [0, 0.1) is 6.92 Å². The zero-order chi connectivity index (χ0) is 22.5. The van der Waals surface area contributed by atoms with Crippen LogP contribution in [0.1, 0.15) is 21.5 Å². The molecule has 0 radical (unpaired) electrons. The minimum atomic E-state index is -0.308. The average Bonchev–Trinajstić information content (AvgIpc) is 2.83. The predicted molar refractivity (Wildman–Crippen MR) is 127 cm³/mol. The highest BCUT2D eigenvalue weighted by Gasteiger charge is 2.14. The van der Waals surface area contributed by atoms with Crippen molar-refractivity contribution < 1.29 is 14.3 Å². The van der Waals surface area contributed by atoms with E-state index in [9.17, 15) is 4.79 Å². The summed E-state index contributed by atoms with van der Waals surface area (Å²) in [5, 5.41) is 4.92. The lowest BCUT2D eigenvalue weighted by Gasteiger charge is -2.10. The van der Waals surface area contributed by atoms with Gasteiger partial charge in [-0.1, -0.05) is 42.0 Å². The first kappa shape index (κ1) is 21.1. The number of fused-ring (bicyclic) bond motifs is 1. The molecule has 4 rings (SSSR count). The van der Waals surface area contributed by atoms with E-state index in [0.29, 0.717) is 17.1 Å². The molecule has 1 amide bonds. The Morgan fingerprint density at radius 3 is 2.47 bits per heavy atom. The maximum Gasteiger partial charge on any atom is 0.272 e. The Balaban J connectivity index is 1.65. The lowest BCUT2D eigenvalue weighted by molar-refractivity contribution is 0.0956. The zero-order valence-corrected chi connectivity index (χ0v) is 18.1. The maximum atomic E-state index is 13.1. The Hall–Kier alpha value is -4.19. The minimum Gasteiger partial charge on any atom is -0.493 e. The van der Waals surface area contributed by atoms with Crippen molar-refractivity contribution >= 4 is 23.0 Å². The van der Waals surface area contributed by atoms with Gasteiger partial charge in [-0.2, -0.15) is 5.10 Å². The third-order valence-electron chi connectivity index (χ3n) is 5.07. The fourth-order valence-corrected chi connectivity index (χ4v) is 3.44. The van der Waals surface area contributed by atoms with Crippen molar-refractivity contribution in [1.82, 2.24) is 10.4 Å². The van der Waals surface area contributed by atoms with Crippen molar-refractivity contribution in [2.75, 3.05) is 14.2 Å². The number of aromatic nitrogens is 1. The van der Waals surface area contributed by atoms with Gasteiger partial charge in [0.15, 0.2) is 11.5 Å². The van der Waals surface area contributed by atoms with Crippen molar-refractivity contribution in [2.45, 2.75) is 6.92 Å². The van der Waals surface area contributed by atoms with E-state index in [1.165, 1.54) is 0 Å².